The molecular weight excluding hydrogens is 324 g/mol. The van der Waals surface area contributed by atoms with Crippen molar-refractivity contribution in [3.05, 3.63) is 72.3 Å². The molecule has 0 aliphatic carbocycles. The van der Waals surface area contributed by atoms with Crippen molar-refractivity contribution in [1.29, 1.82) is 0 Å². The van der Waals surface area contributed by atoms with Gasteiger partial charge in [0.15, 0.2) is 0 Å². The van der Waals surface area contributed by atoms with Crippen molar-refractivity contribution in [2.75, 3.05) is 19.5 Å². The van der Waals surface area contributed by atoms with Gasteiger partial charge in [0.05, 0.1) is 13.2 Å². The second kappa shape index (κ2) is 8.02. The van der Waals surface area contributed by atoms with Crippen LogP contribution >= 0.6 is 0 Å². The summed E-state index contributed by atoms with van der Waals surface area (Å²) in [5, 5.41) is 5.29. The number of anilines is 1. The fraction of sp³-hybridized carbons (Fsp3) is 0.227. The molecular formula is C22H24N2O2. The van der Waals surface area contributed by atoms with Crippen LogP contribution in [0, 0.1) is 0 Å². The van der Waals surface area contributed by atoms with E-state index >= 15 is 0 Å². The van der Waals surface area contributed by atoms with Crippen LogP contribution in [0.25, 0.3) is 10.8 Å². The van der Waals surface area contributed by atoms with Gasteiger partial charge in [-0.1, -0.05) is 42.5 Å². The normalized spacial score (nSPS) is 12.2. The first-order chi connectivity index (χ1) is 12.6. The molecule has 3 rings (SSSR count). The van der Waals surface area contributed by atoms with Crippen molar-refractivity contribution in [3.8, 4) is 5.75 Å². The zero-order chi connectivity index (χ0) is 18.5. The average molecular weight is 348 g/mol. The highest BCUT2D eigenvalue weighted by Crippen LogP contribution is 2.20. The molecule has 3 aromatic rings. The molecule has 0 saturated carbocycles. The lowest BCUT2D eigenvalue weighted by molar-refractivity contribution is -0.120. The molecule has 1 atom stereocenters. The molecule has 0 bridgehead atoms. The van der Waals surface area contributed by atoms with Gasteiger partial charge < -0.3 is 10.1 Å². The van der Waals surface area contributed by atoms with Gasteiger partial charge in [-0.3, -0.25) is 9.69 Å². The van der Waals surface area contributed by atoms with Gasteiger partial charge in [0.2, 0.25) is 5.91 Å². The first-order valence-corrected chi connectivity index (χ1v) is 8.69. The molecule has 0 aliphatic rings. The highest BCUT2D eigenvalue weighted by Gasteiger charge is 2.18. The predicted molar refractivity (Wildman–Crippen MR) is 107 cm³/mol. The molecule has 1 amide bonds. The van der Waals surface area contributed by atoms with E-state index in [1.807, 2.05) is 79.5 Å². The van der Waals surface area contributed by atoms with Crippen molar-refractivity contribution in [2.45, 2.75) is 19.5 Å². The minimum atomic E-state index is -0.257. The number of carbonyl (C=O) groups excluding carboxylic acids is 1. The first-order valence-electron chi connectivity index (χ1n) is 8.69. The zero-order valence-corrected chi connectivity index (χ0v) is 15.4. The van der Waals surface area contributed by atoms with E-state index in [1.165, 1.54) is 0 Å². The Hall–Kier alpha value is -2.85. The van der Waals surface area contributed by atoms with Gasteiger partial charge in [-0.25, -0.2) is 0 Å². The Balaban J connectivity index is 1.65. The summed E-state index contributed by atoms with van der Waals surface area (Å²) in [7, 11) is 3.60. The van der Waals surface area contributed by atoms with E-state index in [2.05, 4.69) is 11.4 Å². The van der Waals surface area contributed by atoms with E-state index in [-0.39, 0.29) is 11.9 Å². The average Bonchev–Trinajstić information content (AvgIpc) is 2.67. The van der Waals surface area contributed by atoms with Crippen molar-refractivity contribution in [2.24, 2.45) is 0 Å². The van der Waals surface area contributed by atoms with Crippen molar-refractivity contribution >= 4 is 22.4 Å². The number of hydrogen-bond acceptors (Lipinski definition) is 3. The number of hydrogen-bond donors (Lipinski definition) is 1. The minimum Gasteiger partial charge on any atom is -0.497 e. The molecule has 3 aromatic carbocycles. The number of amides is 1. The monoisotopic (exact) mass is 348 g/mol. The Morgan fingerprint density at radius 3 is 2.58 bits per heavy atom. The molecule has 0 spiro atoms. The molecule has 4 heteroatoms. The molecule has 0 saturated heterocycles. The molecule has 26 heavy (non-hydrogen) atoms. The molecule has 134 valence electrons. The quantitative estimate of drug-likeness (QED) is 0.722. The molecule has 0 heterocycles. The number of methoxy groups -OCH3 is 1. The third kappa shape index (κ3) is 4.21. The van der Waals surface area contributed by atoms with Crippen LogP contribution in [0.3, 0.4) is 0 Å². The second-order valence-electron chi connectivity index (χ2n) is 6.49. The van der Waals surface area contributed by atoms with E-state index in [0.717, 1.165) is 27.8 Å². The highest BCUT2D eigenvalue weighted by molar-refractivity contribution is 5.97. The van der Waals surface area contributed by atoms with E-state index < -0.39 is 0 Å². The first kappa shape index (κ1) is 18.0. The fourth-order valence-electron chi connectivity index (χ4n) is 2.91. The summed E-state index contributed by atoms with van der Waals surface area (Å²) in [5.41, 5.74) is 1.92. The molecule has 1 N–H and O–H groups in total. The zero-order valence-electron chi connectivity index (χ0n) is 15.4. The van der Waals surface area contributed by atoms with Gasteiger partial charge in [-0.15, -0.1) is 0 Å². The summed E-state index contributed by atoms with van der Waals surface area (Å²) in [6.45, 7) is 2.58. The molecule has 0 radical (unpaired) electrons. The molecule has 4 nitrogen and oxygen atoms in total. The summed E-state index contributed by atoms with van der Waals surface area (Å²) in [5.74, 6) is 0.801. The topological polar surface area (TPSA) is 41.6 Å². The summed E-state index contributed by atoms with van der Waals surface area (Å²) in [6.07, 6.45) is 0. The Morgan fingerprint density at radius 1 is 1.04 bits per heavy atom. The van der Waals surface area contributed by atoms with E-state index in [4.69, 9.17) is 4.74 Å². The molecule has 0 fully saturated rings. The Morgan fingerprint density at radius 2 is 1.81 bits per heavy atom. The summed E-state index contributed by atoms with van der Waals surface area (Å²) in [6, 6.07) is 21.7. The Kier molecular flexibility index (Phi) is 5.54. The van der Waals surface area contributed by atoms with Crippen LogP contribution in [0.1, 0.15) is 12.5 Å². The van der Waals surface area contributed by atoms with Crippen LogP contribution in [0.2, 0.25) is 0 Å². The number of nitrogens with zero attached hydrogens (tertiary/aromatic N) is 1. The largest absolute Gasteiger partial charge is 0.497 e. The lowest BCUT2D eigenvalue weighted by atomic mass is 10.1. The maximum Gasteiger partial charge on any atom is 0.241 e. The lowest BCUT2D eigenvalue weighted by Gasteiger charge is -2.24. The lowest BCUT2D eigenvalue weighted by Crippen LogP contribution is -2.39. The number of benzene rings is 3. The van der Waals surface area contributed by atoms with E-state index in [1.54, 1.807) is 7.11 Å². The summed E-state index contributed by atoms with van der Waals surface area (Å²) in [4.78, 5) is 14.6. The van der Waals surface area contributed by atoms with Crippen LogP contribution in [0.4, 0.5) is 5.69 Å². The third-order valence-electron chi connectivity index (χ3n) is 4.62. The molecule has 0 aliphatic heterocycles. The maximum absolute atomic E-state index is 12.6. The van der Waals surface area contributed by atoms with Gasteiger partial charge in [0, 0.05) is 12.2 Å². The van der Waals surface area contributed by atoms with Gasteiger partial charge in [0.25, 0.3) is 0 Å². The number of nitrogens with one attached hydrogen (secondary N) is 1. The minimum absolute atomic E-state index is 0.0225. The number of carbonyl (C=O) groups is 1. The van der Waals surface area contributed by atoms with Crippen molar-refractivity contribution in [1.82, 2.24) is 4.90 Å². The van der Waals surface area contributed by atoms with Crippen LogP contribution in [-0.4, -0.2) is 31.0 Å². The van der Waals surface area contributed by atoms with Crippen LogP contribution in [0.5, 0.6) is 5.75 Å². The van der Waals surface area contributed by atoms with Crippen LogP contribution in [-0.2, 0) is 11.3 Å². The Labute approximate surface area is 154 Å². The molecule has 0 aromatic heterocycles. The Bertz CT molecular complexity index is 907. The second-order valence-corrected chi connectivity index (χ2v) is 6.49. The number of ether oxygens (including phenoxy) is 1. The van der Waals surface area contributed by atoms with E-state index in [9.17, 15) is 4.79 Å². The van der Waals surface area contributed by atoms with Gasteiger partial charge in [0.1, 0.15) is 5.75 Å². The third-order valence-corrected chi connectivity index (χ3v) is 4.62. The summed E-state index contributed by atoms with van der Waals surface area (Å²) >= 11 is 0. The van der Waals surface area contributed by atoms with Crippen LogP contribution < -0.4 is 10.1 Å². The van der Waals surface area contributed by atoms with Gasteiger partial charge in [-0.05, 0) is 54.6 Å². The maximum atomic E-state index is 12.6. The number of fused-ring (bicyclic) bond motifs is 1. The smallest absolute Gasteiger partial charge is 0.241 e. The van der Waals surface area contributed by atoms with Gasteiger partial charge in [-0.2, -0.15) is 0 Å². The van der Waals surface area contributed by atoms with Crippen molar-refractivity contribution < 1.29 is 9.53 Å². The number of likely N-dealkylation sites (N-methyl/N-ethyl adjacent to an activating group) is 1. The standard InChI is InChI=1S/C22H24N2O2/c1-16(24(2)15-17-7-6-10-21(13-17)26-3)22(25)23-20-12-11-18-8-4-5-9-19(18)14-20/h4-14,16H,15H2,1-3H3,(H,23,25). The van der Waals surface area contributed by atoms with Gasteiger partial charge >= 0.3 is 0 Å². The predicted octanol–water partition coefficient (Wildman–Crippen LogP) is 4.31. The van der Waals surface area contributed by atoms with Crippen molar-refractivity contribution in [3.63, 3.8) is 0 Å². The van der Waals surface area contributed by atoms with Crippen LogP contribution in [0.15, 0.2) is 66.7 Å². The molecule has 1 unspecified atom stereocenters. The summed E-state index contributed by atoms with van der Waals surface area (Å²) < 4.78 is 5.26. The fourth-order valence-corrected chi connectivity index (χ4v) is 2.91. The highest BCUT2D eigenvalue weighted by atomic mass is 16.5. The SMILES string of the molecule is COc1cccc(CN(C)C(C)C(=O)Nc2ccc3ccccc3c2)c1. The number of rotatable bonds is 6. The van der Waals surface area contributed by atoms with E-state index in [0.29, 0.717) is 6.54 Å².